The van der Waals surface area contributed by atoms with Gasteiger partial charge in [-0.25, -0.2) is 0 Å². The van der Waals surface area contributed by atoms with E-state index in [-0.39, 0.29) is 0 Å². The molecule has 0 bridgehead atoms. The first-order valence-electron chi connectivity index (χ1n) is 8.15. The van der Waals surface area contributed by atoms with Gasteiger partial charge in [-0.15, -0.1) is 0 Å². The van der Waals surface area contributed by atoms with Gasteiger partial charge in [0.1, 0.15) is 0 Å². The van der Waals surface area contributed by atoms with Gasteiger partial charge < -0.3 is 0 Å². The molecule has 0 aliphatic carbocycles. The summed E-state index contributed by atoms with van der Waals surface area (Å²) in [5.74, 6) is 2.36. The monoisotopic (exact) mass is 254 g/mol. The first-order chi connectivity index (χ1) is 8.15. The van der Waals surface area contributed by atoms with E-state index >= 15 is 0 Å². The second-order valence-electron chi connectivity index (χ2n) is 7.77. The smallest absolute Gasteiger partial charge is 0.0216 e. The molecule has 0 spiro atoms. The summed E-state index contributed by atoms with van der Waals surface area (Å²) in [6.45, 7) is 21.8. The Balaban J connectivity index is 5.57. The van der Waals surface area contributed by atoms with E-state index in [0.717, 1.165) is 17.8 Å². The standard InChI is InChI=1S/C18H38/c1-10-17(9,11-2)18(16(7)8,12-14(3)4)13-15(5)6/h14-16H,10-13H2,1-9H3. The summed E-state index contributed by atoms with van der Waals surface area (Å²) in [5, 5.41) is 0. The first kappa shape index (κ1) is 18.0. The largest absolute Gasteiger partial charge is 0.0648 e. The maximum absolute atomic E-state index is 2.54. The van der Waals surface area contributed by atoms with Crippen LogP contribution in [0.4, 0.5) is 0 Å². The Hall–Kier alpha value is 0. The molecule has 0 nitrogen and oxygen atoms in total. The number of hydrogen-bond donors (Lipinski definition) is 0. The zero-order valence-electron chi connectivity index (χ0n) is 14.6. The molecule has 0 aromatic heterocycles. The molecule has 0 aliphatic rings. The molecular formula is C18H38. The van der Waals surface area contributed by atoms with Crippen LogP contribution in [0.3, 0.4) is 0 Å². The van der Waals surface area contributed by atoms with Crippen LogP contribution in [0, 0.1) is 28.6 Å². The third-order valence-electron chi connectivity index (χ3n) is 5.41. The molecule has 0 N–H and O–H groups in total. The fraction of sp³-hybridized carbons (Fsp3) is 1.00. The molecule has 0 atom stereocenters. The van der Waals surface area contributed by atoms with Gasteiger partial charge in [0.05, 0.1) is 0 Å². The van der Waals surface area contributed by atoms with Gasteiger partial charge in [0.25, 0.3) is 0 Å². The molecule has 18 heavy (non-hydrogen) atoms. The van der Waals surface area contributed by atoms with Gasteiger partial charge in [0.2, 0.25) is 0 Å². The zero-order chi connectivity index (χ0) is 14.6. The van der Waals surface area contributed by atoms with Crippen molar-refractivity contribution in [1.29, 1.82) is 0 Å². The van der Waals surface area contributed by atoms with Crippen molar-refractivity contribution < 1.29 is 0 Å². The molecule has 0 heteroatoms. The molecule has 110 valence electrons. The van der Waals surface area contributed by atoms with E-state index < -0.39 is 0 Å². The van der Waals surface area contributed by atoms with Crippen molar-refractivity contribution >= 4 is 0 Å². The highest BCUT2D eigenvalue weighted by atomic mass is 14.5. The number of hydrogen-bond acceptors (Lipinski definition) is 0. The molecule has 0 amide bonds. The second kappa shape index (κ2) is 6.96. The van der Waals surface area contributed by atoms with E-state index in [1.54, 1.807) is 0 Å². The maximum Gasteiger partial charge on any atom is -0.0216 e. The highest BCUT2D eigenvalue weighted by molar-refractivity contribution is 4.97. The highest BCUT2D eigenvalue weighted by Crippen LogP contribution is 2.56. The fourth-order valence-corrected chi connectivity index (χ4v) is 4.16. The van der Waals surface area contributed by atoms with E-state index in [4.69, 9.17) is 0 Å². The quantitative estimate of drug-likeness (QED) is 0.461. The zero-order valence-corrected chi connectivity index (χ0v) is 14.6. The van der Waals surface area contributed by atoms with Crippen molar-refractivity contribution in [3.05, 3.63) is 0 Å². The van der Waals surface area contributed by atoms with Crippen molar-refractivity contribution in [1.82, 2.24) is 0 Å². The Morgan fingerprint density at radius 3 is 1.22 bits per heavy atom. The minimum atomic E-state index is 0.482. The van der Waals surface area contributed by atoms with Crippen LogP contribution in [0.5, 0.6) is 0 Å². The predicted molar refractivity (Wildman–Crippen MR) is 84.9 cm³/mol. The molecule has 0 heterocycles. The fourth-order valence-electron chi connectivity index (χ4n) is 4.16. The number of rotatable bonds is 8. The lowest BCUT2D eigenvalue weighted by atomic mass is 9.51. The summed E-state index contributed by atoms with van der Waals surface area (Å²) in [6.07, 6.45) is 5.37. The van der Waals surface area contributed by atoms with Crippen molar-refractivity contribution in [2.75, 3.05) is 0 Å². The van der Waals surface area contributed by atoms with E-state index in [9.17, 15) is 0 Å². The first-order valence-corrected chi connectivity index (χ1v) is 8.15. The Morgan fingerprint density at radius 1 is 0.722 bits per heavy atom. The minimum Gasteiger partial charge on any atom is -0.0648 e. The van der Waals surface area contributed by atoms with E-state index in [1.807, 2.05) is 0 Å². The average Bonchev–Trinajstić information content (AvgIpc) is 2.25. The molecule has 0 fully saturated rings. The van der Waals surface area contributed by atoms with E-state index in [1.165, 1.54) is 25.7 Å². The van der Waals surface area contributed by atoms with Crippen LogP contribution >= 0.6 is 0 Å². The van der Waals surface area contributed by atoms with Crippen LogP contribution in [0.25, 0.3) is 0 Å². The Bertz CT molecular complexity index is 208. The molecule has 0 aromatic rings. The Kier molecular flexibility index (Phi) is 6.96. The molecule has 0 aliphatic heterocycles. The third-order valence-corrected chi connectivity index (χ3v) is 5.41. The normalized spacial score (nSPS) is 14.0. The lowest BCUT2D eigenvalue weighted by Crippen LogP contribution is -2.45. The Labute approximate surface area is 117 Å². The van der Waals surface area contributed by atoms with Gasteiger partial charge in [0.15, 0.2) is 0 Å². The average molecular weight is 255 g/mol. The highest BCUT2D eigenvalue weighted by Gasteiger charge is 2.47. The van der Waals surface area contributed by atoms with Crippen LogP contribution < -0.4 is 0 Å². The van der Waals surface area contributed by atoms with Gasteiger partial charge in [-0.1, -0.05) is 75.2 Å². The van der Waals surface area contributed by atoms with Gasteiger partial charge in [-0.05, 0) is 41.4 Å². The van der Waals surface area contributed by atoms with Crippen molar-refractivity contribution in [3.63, 3.8) is 0 Å². The van der Waals surface area contributed by atoms with Crippen LogP contribution in [0.1, 0.15) is 88.0 Å². The SMILES string of the molecule is CCC(C)(CC)C(CC(C)C)(CC(C)C)C(C)C. The van der Waals surface area contributed by atoms with Gasteiger partial charge in [-0.2, -0.15) is 0 Å². The summed E-state index contributed by atoms with van der Waals surface area (Å²) in [7, 11) is 0. The molecule has 0 radical (unpaired) electrons. The van der Waals surface area contributed by atoms with Crippen molar-refractivity contribution in [3.8, 4) is 0 Å². The molecule has 0 aromatic carbocycles. The van der Waals surface area contributed by atoms with Crippen molar-refractivity contribution in [2.45, 2.75) is 88.0 Å². The summed E-state index contributed by atoms with van der Waals surface area (Å²) in [6, 6.07) is 0. The predicted octanol–water partition coefficient (Wildman–Crippen LogP) is 6.55. The lowest BCUT2D eigenvalue weighted by molar-refractivity contribution is -0.0430. The van der Waals surface area contributed by atoms with Crippen molar-refractivity contribution in [2.24, 2.45) is 28.6 Å². The minimum absolute atomic E-state index is 0.482. The molecule has 0 saturated carbocycles. The maximum atomic E-state index is 2.54. The molecular weight excluding hydrogens is 216 g/mol. The topological polar surface area (TPSA) is 0 Å². The van der Waals surface area contributed by atoms with Gasteiger partial charge >= 0.3 is 0 Å². The van der Waals surface area contributed by atoms with Crippen LogP contribution in [-0.2, 0) is 0 Å². The summed E-state index contributed by atoms with van der Waals surface area (Å²) < 4.78 is 0. The summed E-state index contributed by atoms with van der Waals surface area (Å²) in [4.78, 5) is 0. The third kappa shape index (κ3) is 3.75. The Morgan fingerprint density at radius 2 is 1.06 bits per heavy atom. The molecule has 0 unspecified atom stereocenters. The van der Waals surface area contributed by atoms with E-state index in [2.05, 4.69) is 62.3 Å². The van der Waals surface area contributed by atoms with Crippen LogP contribution in [0.2, 0.25) is 0 Å². The van der Waals surface area contributed by atoms with Crippen LogP contribution in [-0.4, -0.2) is 0 Å². The van der Waals surface area contributed by atoms with E-state index in [0.29, 0.717) is 10.8 Å². The van der Waals surface area contributed by atoms with Crippen LogP contribution in [0.15, 0.2) is 0 Å². The summed E-state index contributed by atoms with van der Waals surface area (Å²) >= 11 is 0. The molecule has 0 rings (SSSR count). The van der Waals surface area contributed by atoms with Gasteiger partial charge in [-0.3, -0.25) is 0 Å². The second-order valence-corrected chi connectivity index (χ2v) is 7.77. The molecule has 0 saturated heterocycles. The van der Waals surface area contributed by atoms with Gasteiger partial charge in [0, 0.05) is 0 Å². The summed E-state index contributed by atoms with van der Waals surface area (Å²) in [5.41, 5.74) is 0.981. The lowest BCUT2D eigenvalue weighted by Gasteiger charge is -2.54.